The van der Waals surface area contributed by atoms with E-state index < -0.39 is 29.5 Å². The van der Waals surface area contributed by atoms with Crippen LogP contribution in [0.4, 0.5) is 0 Å². The van der Waals surface area contributed by atoms with E-state index in [-0.39, 0.29) is 32.2 Å². The van der Waals surface area contributed by atoms with E-state index >= 15 is 0 Å². The Labute approximate surface area is 121 Å². The Morgan fingerprint density at radius 2 is 2.00 bits per heavy atom. The number of ether oxygens (including phenoxy) is 3. The number of esters is 1. The van der Waals surface area contributed by atoms with Gasteiger partial charge in [0.25, 0.3) is 5.09 Å². The highest BCUT2D eigenvalue weighted by molar-refractivity contribution is 5.69. The number of aliphatic hydroxyl groups is 1. The molecule has 2 saturated heterocycles. The third-order valence-corrected chi connectivity index (χ3v) is 3.49. The summed E-state index contributed by atoms with van der Waals surface area (Å²) in [7, 11) is 0. The molecule has 1 N–H and O–H groups in total. The van der Waals surface area contributed by atoms with E-state index in [0.717, 1.165) is 0 Å². The van der Waals surface area contributed by atoms with Crippen LogP contribution in [0.25, 0.3) is 0 Å². The summed E-state index contributed by atoms with van der Waals surface area (Å²) in [6.45, 7) is 0.461. The Balaban J connectivity index is 1.57. The van der Waals surface area contributed by atoms with Crippen LogP contribution in [0.3, 0.4) is 0 Å². The molecule has 21 heavy (non-hydrogen) atoms. The lowest BCUT2D eigenvalue weighted by Crippen LogP contribution is -2.34. The van der Waals surface area contributed by atoms with Crippen LogP contribution in [0.15, 0.2) is 0 Å². The van der Waals surface area contributed by atoms with Crippen molar-refractivity contribution < 1.29 is 34.0 Å². The maximum Gasteiger partial charge on any atom is 0.306 e. The van der Waals surface area contributed by atoms with Gasteiger partial charge in [0, 0.05) is 6.42 Å². The summed E-state index contributed by atoms with van der Waals surface area (Å²) < 4.78 is 16.0. The third-order valence-electron chi connectivity index (χ3n) is 3.49. The van der Waals surface area contributed by atoms with Crippen LogP contribution in [0, 0.1) is 10.1 Å². The maximum absolute atomic E-state index is 11.7. The number of rotatable bonds is 8. The number of hydrogen-bond acceptors (Lipinski definition) is 8. The van der Waals surface area contributed by atoms with Crippen molar-refractivity contribution >= 4 is 5.97 Å². The molecule has 120 valence electrons. The SMILES string of the molecule is O=C(CCCCCO[N+](=O)[O-])O[C@@H]1CO[C@H]2[C@@H]1OC[C@H]2O. The zero-order chi connectivity index (χ0) is 15.2. The summed E-state index contributed by atoms with van der Waals surface area (Å²) in [6.07, 6.45) is 0.0175. The van der Waals surface area contributed by atoms with Crippen LogP contribution in [-0.2, 0) is 23.8 Å². The van der Waals surface area contributed by atoms with Crippen molar-refractivity contribution in [2.24, 2.45) is 0 Å². The Morgan fingerprint density at radius 3 is 2.76 bits per heavy atom. The summed E-state index contributed by atoms with van der Waals surface area (Å²) >= 11 is 0. The summed E-state index contributed by atoms with van der Waals surface area (Å²) in [5.41, 5.74) is 0. The van der Waals surface area contributed by atoms with Gasteiger partial charge in [0.1, 0.15) is 18.3 Å². The van der Waals surface area contributed by atoms with Crippen molar-refractivity contribution in [1.29, 1.82) is 0 Å². The standard InChI is InChI=1S/C12H19NO8/c14-8-6-18-12-9(7-19-11(8)12)21-10(15)4-2-1-3-5-20-13(16)17/h8-9,11-12,14H,1-7H2/t8-,9-,11-,12-/m1/s1. The molecule has 0 spiro atoms. The van der Waals surface area contributed by atoms with E-state index in [1.807, 2.05) is 0 Å². The molecule has 0 radical (unpaired) electrons. The van der Waals surface area contributed by atoms with Crippen molar-refractivity contribution in [1.82, 2.24) is 0 Å². The van der Waals surface area contributed by atoms with Crippen molar-refractivity contribution in [2.45, 2.75) is 50.1 Å². The fourth-order valence-electron chi connectivity index (χ4n) is 2.46. The second kappa shape index (κ2) is 7.53. The lowest BCUT2D eigenvalue weighted by Gasteiger charge is -2.16. The van der Waals surface area contributed by atoms with Crippen LogP contribution in [-0.4, -0.2) is 60.4 Å². The maximum atomic E-state index is 11.7. The first-order valence-corrected chi connectivity index (χ1v) is 6.96. The lowest BCUT2D eigenvalue weighted by atomic mass is 10.1. The Morgan fingerprint density at radius 1 is 1.24 bits per heavy atom. The molecule has 2 aliphatic rings. The third kappa shape index (κ3) is 4.51. The van der Waals surface area contributed by atoms with Crippen LogP contribution in [0.5, 0.6) is 0 Å². The smallest absolute Gasteiger partial charge is 0.306 e. The highest BCUT2D eigenvalue weighted by Gasteiger charge is 2.48. The van der Waals surface area contributed by atoms with Gasteiger partial charge in [-0.05, 0) is 12.8 Å². The molecule has 2 heterocycles. The molecule has 0 aliphatic carbocycles. The minimum atomic E-state index is -0.833. The average Bonchev–Trinajstić information content (AvgIpc) is 2.98. The van der Waals surface area contributed by atoms with Crippen molar-refractivity contribution in [3.63, 3.8) is 0 Å². The predicted molar refractivity (Wildman–Crippen MR) is 66.8 cm³/mol. The fourth-order valence-corrected chi connectivity index (χ4v) is 2.46. The molecule has 0 aromatic rings. The van der Waals surface area contributed by atoms with Gasteiger partial charge in [-0.15, -0.1) is 10.1 Å². The molecule has 4 atom stereocenters. The van der Waals surface area contributed by atoms with Crippen molar-refractivity contribution in [3.05, 3.63) is 10.1 Å². The van der Waals surface area contributed by atoms with Gasteiger partial charge in [0.05, 0.1) is 19.8 Å². The van der Waals surface area contributed by atoms with Crippen LogP contribution in [0.2, 0.25) is 0 Å². The van der Waals surface area contributed by atoms with Crippen molar-refractivity contribution in [2.75, 3.05) is 19.8 Å². The van der Waals surface area contributed by atoms with Gasteiger partial charge < -0.3 is 24.2 Å². The molecular formula is C12H19NO8. The van der Waals surface area contributed by atoms with Gasteiger partial charge in [0.2, 0.25) is 0 Å². The minimum Gasteiger partial charge on any atom is -0.457 e. The first-order chi connectivity index (χ1) is 10.1. The molecule has 0 amide bonds. The zero-order valence-corrected chi connectivity index (χ0v) is 11.5. The Bertz CT molecular complexity index is 376. The van der Waals surface area contributed by atoms with Crippen LogP contribution < -0.4 is 0 Å². The molecule has 9 heteroatoms. The molecule has 9 nitrogen and oxygen atoms in total. The normalized spacial score (nSPS) is 30.9. The number of nitrogens with zero attached hydrogens (tertiary/aromatic N) is 1. The summed E-state index contributed by atoms with van der Waals surface area (Å²) in [6, 6.07) is 0. The molecular weight excluding hydrogens is 286 g/mol. The van der Waals surface area contributed by atoms with E-state index in [9.17, 15) is 20.0 Å². The second-order valence-corrected chi connectivity index (χ2v) is 5.06. The molecule has 2 aliphatic heterocycles. The number of carbonyl (C=O) groups excluding carboxylic acids is 1. The molecule has 2 rings (SSSR count). The topological polar surface area (TPSA) is 117 Å². The van der Waals surface area contributed by atoms with Crippen LogP contribution >= 0.6 is 0 Å². The molecule has 0 saturated carbocycles. The molecule has 0 unspecified atom stereocenters. The summed E-state index contributed by atoms with van der Waals surface area (Å²) in [5, 5.41) is 18.6. The van der Waals surface area contributed by atoms with Gasteiger partial charge in [-0.1, -0.05) is 6.42 Å². The quantitative estimate of drug-likeness (QED) is 0.284. The van der Waals surface area contributed by atoms with Crippen molar-refractivity contribution in [3.8, 4) is 0 Å². The number of hydrogen-bond donors (Lipinski definition) is 1. The first kappa shape index (κ1) is 15.9. The van der Waals surface area contributed by atoms with Crippen LogP contribution in [0.1, 0.15) is 25.7 Å². The highest BCUT2D eigenvalue weighted by Crippen LogP contribution is 2.29. The summed E-state index contributed by atoms with van der Waals surface area (Å²) in [5.74, 6) is -0.357. The average molecular weight is 305 g/mol. The predicted octanol–water partition coefficient (Wildman–Crippen LogP) is -0.175. The fraction of sp³-hybridized carbons (Fsp3) is 0.917. The summed E-state index contributed by atoms with van der Waals surface area (Å²) in [4.78, 5) is 25.8. The van der Waals surface area contributed by atoms with Gasteiger partial charge in [-0.25, -0.2) is 0 Å². The molecule has 2 fully saturated rings. The largest absolute Gasteiger partial charge is 0.457 e. The van der Waals surface area contributed by atoms with Gasteiger partial charge >= 0.3 is 5.97 Å². The zero-order valence-electron chi connectivity index (χ0n) is 11.5. The Hall–Kier alpha value is -1.45. The van der Waals surface area contributed by atoms with E-state index in [1.54, 1.807) is 0 Å². The van der Waals surface area contributed by atoms with Gasteiger partial charge in [-0.3, -0.25) is 4.79 Å². The minimum absolute atomic E-state index is 0.0357. The monoisotopic (exact) mass is 305 g/mol. The number of aliphatic hydroxyl groups excluding tert-OH is 1. The van der Waals surface area contributed by atoms with Gasteiger partial charge in [-0.2, -0.15) is 0 Å². The Kier molecular flexibility index (Phi) is 5.71. The van der Waals surface area contributed by atoms with Gasteiger partial charge in [0.15, 0.2) is 6.10 Å². The molecule has 0 aromatic carbocycles. The lowest BCUT2D eigenvalue weighted by molar-refractivity contribution is -0.757. The molecule has 0 bridgehead atoms. The first-order valence-electron chi connectivity index (χ1n) is 6.96. The van der Waals surface area contributed by atoms with E-state index in [4.69, 9.17) is 14.2 Å². The van der Waals surface area contributed by atoms with E-state index in [1.165, 1.54) is 0 Å². The highest BCUT2D eigenvalue weighted by atomic mass is 16.9. The second-order valence-electron chi connectivity index (χ2n) is 5.06. The van der Waals surface area contributed by atoms with E-state index in [0.29, 0.717) is 19.3 Å². The molecule has 0 aromatic heterocycles. The van der Waals surface area contributed by atoms with E-state index in [2.05, 4.69) is 4.84 Å². The number of fused-ring (bicyclic) bond motifs is 1. The number of carbonyl (C=O) groups is 1. The number of unbranched alkanes of at least 4 members (excludes halogenated alkanes) is 2.